The summed E-state index contributed by atoms with van der Waals surface area (Å²) in [6, 6.07) is 0. The molecule has 1 rings (SSSR count). The van der Waals surface area contributed by atoms with E-state index in [9.17, 15) is 18.0 Å². The minimum atomic E-state index is -4.08. The number of nitrogens with zero attached hydrogens (tertiary/aromatic N) is 2. The molecule has 0 unspecified atom stereocenters. The number of nitrogens with two attached hydrogens (primary N) is 1. The Balaban J connectivity index is 2.71. The lowest BCUT2D eigenvalue weighted by atomic mass is 10.2. The summed E-state index contributed by atoms with van der Waals surface area (Å²) in [5.74, 6) is -1.71. The van der Waals surface area contributed by atoms with Gasteiger partial charge in [-0.3, -0.25) is 4.79 Å². The average molecular weight is 335 g/mol. The molecule has 1 aliphatic rings. The van der Waals surface area contributed by atoms with Gasteiger partial charge in [0.25, 0.3) is 0 Å². The monoisotopic (exact) mass is 335 g/mol. The lowest BCUT2D eigenvalue weighted by Crippen LogP contribution is -2.37. The lowest BCUT2D eigenvalue weighted by molar-refractivity contribution is -0.143. The van der Waals surface area contributed by atoms with Crippen molar-refractivity contribution in [2.45, 2.75) is 13.8 Å². The van der Waals surface area contributed by atoms with Crippen LogP contribution < -0.4 is 5.73 Å². The van der Waals surface area contributed by atoms with Gasteiger partial charge < -0.3 is 19.9 Å². The van der Waals surface area contributed by atoms with Crippen molar-refractivity contribution < 1.29 is 32.2 Å². The molecule has 0 atom stereocenters. The summed E-state index contributed by atoms with van der Waals surface area (Å²) in [7, 11) is -4.08. The summed E-state index contributed by atoms with van der Waals surface area (Å²) in [6.07, 6.45) is 0.988. The van der Waals surface area contributed by atoms with Crippen LogP contribution in [-0.4, -0.2) is 57.0 Å². The Labute approximate surface area is 127 Å². The van der Waals surface area contributed by atoms with Gasteiger partial charge in [-0.2, -0.15) is 8.42 Å². The first-order chi connectivity index (χ1) is 10.3. The van der Waals surface area contributed by atoms with Crippen LogP contribution in [0.3, 0.4) is 0 Å². The maximum atomic E-state index is 11.8. The van der Waals surface area contributed by atoms with Gasteiger partial charge in [0.15, 0.2) is 5.84 Å². The molecule has 0 aliphatic carbocycles. The number of hydrogen-bond donors (Lipinski definition) is 1. The van der Waals surface area contributed by atoms with Crippen LogP contribution >= 0.6 is 0 Å². The second kappa shape index (κ2) is 7.75. The van der Waals surface area contributed by atoms with Crippen LogP contribution in [0.1, 0.15) is 13.8 Å². The van der Waals surface area contributed by atoms with Crippen LogP contribution in [0.2, 0.25) is 0 Å². The first-order valence-electron chi connectivity index (χ1n) is 6.25. The van der Waals surface area contributed by atoms with Gasteiger partial charge in [0.1, 0.15) is 18.9 Å². The van der Waals surface area contributed by atoms with E-state index in [4.69, 9.17) is 15.2 Å². The summed E-state index contributed by atoms with van der Waals surface area (Å²) in [4.78, 5) is 22.2. The fourth-order valence-electron chi connectivity index (χ4n) is 1.37. The third-order valence-corrected chi connectivity index (χ3v) is 3.54. The molecular formula is C11H17N3O7S. The molecule has 0 fully saturated rings. The highest BCUT2D eigenvalue weighted by atomic mass is 32.2. The fourth-order valence-corrected chi connectivity index (χ4v) is 2.27. The predicted octanol–water partition coefficient (Wildman–Crippen LogP) is -1.11. The minimum absolute atomic E-state index is 0.0205. The molecule has 0 aromatic carbocycles. The van der Waals surface area contributed by atoms with E-state index in [2.05, 4.69) is 9.13 Å². The number of esters is 2. The Bertz CT molecular complexity index is 597. The van der Waals surface area contributed by atoms with Crippen LogP contribution in [0, 0.1) is 0 Å². The molecule has 0 radical (unpaired) electrons. The van der Waals surface area contributed by atoms with Gasteiger partial charge in [-0.1, -0.05) is 0 Å². The maximum absolute atomic E-state index is 11.8. The molecular weight excluding hydrogens is 318 g/mol. The van der Waals surface area contributed by atoms with Crippen LogP contribution in [0.25, 0.3) is 0 Å². The van der Waals surface area contributed by atoms with Gasteiger partial charge in [-0.25, -0.2) is 9.10 Å². The highest BCUT2D eigenvalue weighted by Gasteiger charge is 2.29. The zero-order chi connectivity index (χ0) is 16.8. The second-order valence-corrected chi connectivity index (χ2v) is 5.53. The molecule has 22 heavy (non-hydrogen) atoms. The molecule has 11 heteroatoms. The molecule has 10 nitrogen and oxygen atoms in total. The molecule has 1 aliphatic heterocycles. The number of carbonyl (C=O) groups is 2. The Kier molecular flexibility index (Phi) is 6.31. The third kappa shape index (κ3) is 5.00. The van der Waals surface area contributed by atoms with E-state index in [0.717, 1.165) is 6.20 Å². The van der Waals surface area contributed by atoms with Crippen molar-refractivity contribution in [1.29, 1.82) is 0 Å². The largest absolute Gasteiger partial charge is 0.463 e. The number of rotatable bonds is 7. The molecule has 1 heterocycles. The number of carbonyl (C=O) groups excluding carboxylic acids is 2. The van der Waals surface area contributed by atoms with Crippen molar-refractivity contribution in [2.75, 3.05) is 26.6 Å². The van der Waals surface area contributed by atoms with Gasteiger partial charge >= 0.3 is 22.1 Å². The normalized spacial score (nSPS) is 16.5. The SMILES string of the molecule is CCOC(=O)C1=CN(COCCOC(C)=O)S(=O)(=O)N=C1N. The number of ether oxygens (including phenoxy) is 3. The van der Waals surface area contributed by atoms with Crippen LogP contribution in [0.5, 0.6) is 0 Å². The van der Waals surface area contributed by atoms with E-state index < -0.39 is 34.7 Å². The summed E-state index contributed by atoms with van der Waals surface area (Å²) in [5.41, 5.74) is 5.25. The average Bonchev–Trinajstić information content (AvgIpc) is 2.39. The van der Waals surface area contributed by atoms with Crippen molar-refractivity contribution in [3.05, 3.63) is 11.8 Å². The summed E-state index contributed by atoms with van der Waals surface area (Å²) < 4.78 is 42.0. The van der Waals surface area contributed by atoms with Crippen molar-refractivity contribution in [3.8, 4) is 0 Å². The zero-order valence-electron chi connectivity index (χ0n) is 12.1. The third-order valence-electron chi connectivity index (χ3n) is 2.31. The molecule has 0 aromatic heterocycles. The van der Waals surface area contributed by atoms with E-state index in [0.29, 0.717) is 4.31 Å². The Morgan fingerprint density at radius 3 is 2.59 bits per heavy atom. The van der Waals surface area contributed by atoms with Crippen molar-refractivity contribution in [1.82, 2.24) is 4.31 Å². The van der Waals surface area contributed by atoms with Gasteiger partial charge in [-0.15, -0.1) is 4.40 Å². The first-order valence-corrected chi connectivity index (χ1v) is 7.65. The molecule has 0 amide bonds. The molecule has 0 aromatic rings. The van der Waals surface area contributed by atoms with Crippen LogP contribution in [0.15, 0.2) is 16.2 Å². The summed E-state index contributed by atoms with van der Waals surface area (Å²) in [6.45, 7) is 2.48. The molecule has 0 saturated carbocycles. The first kappa shape index (κ1) is 17.9. The highest BCUT2D eigenvalue weighted by molar-refractivity contribution is 7.88. The van der Waals surface area contributed by atoms with Crippen LogP contribution in [-0.2, 0) is 34.0 Å². The Morgan fingerprint density at radius 1 is 1.32 bits per heavy atom. The zero-order valence-corrected chi connectivity index (χ0v) is 13.0. The standard InChI is InChI=1S/C11H17N3O7S/c1-3-20-11(16)9-6-14(22(17,18)13-10(9)12)7-19-4-5-21-8(2)15/h6H,3-5,7H2,1-2H3,(H2,12,13). The smallest absolute Gasteiger partial charge is 0.348 e. The van der Waals surface area contributed by atoms with Crippen molar-refractivity contribution >= 4 is 28.0 Å². The van der Waals surface area contributed by atoms with E-state index in [1.165, 1.54) is 6.92 Å². The Morgan fingerprint density at radius 2 is 2.00 bits per heavy atom. The summed E-state index contributed by atoms with van der Waals surface area (Å²) >= 11 is 0. The Hall–Kier alpha value is -2.14. The summed E-state index contributed by atoms with van der Waals surface area (Å²) in [5, 5.41) is 0. The molecule has 0 saturated heterocycles. The second-order valence-electron chi connectivity index (χ2n) is 3.98. The molecule has 124 valence electrons. The number of hydrogen-bond acceptors (Lipinski definition) is 8. The van der Waals surface area contributed by atoms with E-state index >= 15 is 0 Å². The predicted molar refractivity (Wildman–Crippen MR) is 74.5 cm³/mol. The van der Waals surface area contributed by atoms with Gasteiger partial charge in [0.2, 0.25) is 0 Å². The fraction of sp³-hybridized carbons (Fsp3) is 0.545. The minimum Gasteiger partial charge on any atom is -0.463 e. The molecule has 0 spiro atoms. The van der Waals surface area contributed by atoms with E-state index in [1.807, 2.05) is 0 Å². The van der Waals surface area contributed by atoms with Gasteiger partial charge in [0.05, 0.1) is 13.2 Å². The van der Waals surface area contributed by atoms with Crippen LogP contribution in [0.4, 0.5) is 0 Å². The van der Waals surface area contributed by atoms with Crippen molar-refractivity contribution in [3.63, 3.8) is 0 Å². The lowest BCUT2D eigenvalue weighted by Gasteiger charge is -2.22. The molecule has 0 bridgehead atoms. The maximum Gasteiger partial charge on any atom is 0.348 e. The van der Waals surface area contributed by atoms with E-state index in [1.54, 1.807) is 6.92 Å². The van der Waals surface area contributed by atoms with Gasteiger partial charge in [0, 0.05) is 13.1 Å². The van der Waals surface area contributed by atoms with Gasteiger partial charge in [-0.05, 0) is 6.92 Å². The topological polar surface area (TPSA) is 138 Å². The highest BCUT2D eigenvalue weighted by Crippen LogP contribution is 2.15. The van der Waals surface area contributed by atoms with E-state index in [-0.39, 0.29) is 25.4 Å². The molecule has 2 N–H and O–H groups in total. The van der Waals surface area contributed by atoms with Crippen molar-refractivity contribution in [2.24, 2.45) is 10.1 Å². The quantitative estimate of drug-likeness (QED) is 0.456. The number of amidine groups is 1.